The lowest BCUT2D eigenvalue weighted by molar-refractivity contribution is -0.139. The molecule has 0 atom stereocenters. The fourth-order valence-corrected chi connectivity index (χ4v) is 1.88. The van der Waals surface area contributed by atoms with Crippen LogP contribution < -0.4 is 10.2 Å². The Morgan fingerprint density at radius 3 is 2.35 bits per heavy atom. The van der Waals surface area contributed by atoms with Crippen LogP contribution >= 0.6 is 0 Å². The summed E-state index contributed by atoms with van der Waals surface area (Å²) >= 11 is 0. The SMILES string of the molecule is CCCCNC(=O)C(C)(C)C(=O)N(C)c1ccccc1. The van der Waals surface area contributed by atoms with E-state index in [4.69, 9.17) is 0 Å². The first-order chi connectivity index (χ1) is 9.41. The summed E-state index contributed by atoms with van der Waals surface area (Å²) in [6, 6.07) is 9.33. The summed E-state index contributed by atoms with van der Waals surface area (Å²) in [5.74, 6) is -0.434. The molecule has 20 heavy (non-hydrogen) atoms. The van der Waals surface area contributed by atoms with E-state index >= 15 is 0 Å². The minimum Gasteiger partial charge on any atom is -0.355 e. The quantitative estimate of drug-likeness (QED) is 0.641. The summed E-state index contributed by atoms with van der Waals surface area (Å²) in [7, 11) is 1.69. The molecular weight excluding hydrogens is 252 g/mol. The lowest BCUT2D eigenvalue weighted by Crippen LogP contribution is -2.48. The number of hydrogen-bond donors (Lipinski definition) is 1. The molecule has 2 amide bonds. The predicted octanol–water partition coefficient (Wildman–Crippen LogP) is 2.59. The topological polar surface area (TPSA) is 49.4 Å². The third-order valence-electron chi connectivity index (χ3n) is 3.37. The highest BCUT2D eigenvalue weighted by Crippen LogP contribution is 2.22. The Balaban J connectivity index is 2.75. The molecule has 1 N–H and O–H groups in total. The molecule has 0 saturated heterocycles. The van der Waals surface area contributed by atoms with E-state index in [1.807, 2.05) is 30.3 Å². The van der Waals surface area contributed by atoms with Crippen LogP contribution in [0, 0.1) is 5.41 Å². The zero-order valence-corrected chi connectivity index (χ0v) is 12.8. The highest BCUT2D eigenvalue weighted by Gasteiger charge is 2.38. The van der Waals surface area contributed by atoms with Gasteiger partial charge in [-0.25, -0.2) is 0 Å². The molecule has 1 aromatic rings. The number of hydrogen-bond acceptors (Lipinski definition) is 2. The van der Waals surface area contributed by atoms with Gasteiger partial charge in [0.25, 0.3) is 0 Å². The maximum absolute atomic E-state index is 12.5. The minimum absolute atomic E-state index is 0.210. The van der Waals surface area contributed by atoms with Gasteiger partial charge in [-0.05, 0) is 32.4 Å². The van der Waals surface area contributed by atoms with Crippen molar-refractivity contribution in [3.63, 3.8) is 0 Å². The number of para-hydroxylation sites is 1. The Bertz CT molecular complexity index is 455. The van der Waals surface area contributed by atoms with Gasteiger partial charge in [0.05, 0.1) is 0 Å². The van der Waals surface area contributed by atoms with Crippen molar-refractivity contribution in [2.45, 2.75) is 33.6 Å². The molecule has 0 saturated carbocycles. The number of nitrogens with one attached hydrogen (secondary N) is 1. The molecule has 0 fully saturated rings. The number of anilines is 1. The smallest absolute Gasteiger partial charge is 0.241 e. The van der Waals surface area contributed by atoms with E-state index in [-0.39, 0.29) is 11.8 Å². The standard InChI is InChI=1S/C16H24N2O2/c1-5-6-12-17-14(19)16(2,3)15(20)18(4)13-10-8-7-9-11-13/h7-11H,5-6,12H2,1-4H3,(H,17,19). The van der Waals surface area contributed by atoms with E-state index in [2.05, 4.69) is 12.2 Å². The zero-order valence-electron chi connectivity index (χ0n) is 12.8. The van der Waals surface area contributed by atoms with Crippen LogP contribution in [-0.2, 0) is 9.59 Å². The summed E-state index contributed by atoms with van der Waals surface area (Å²) in [6.45, 7) is 6.00. The lowest BCUT2D eigenvalue weighted by atomic mass is 9.90. The van der Waals surface area contributed by atoms with Crippen molar-refractivity contribution in [2.75, 3.05) is 18.5 Å². The van der Waals surface area contributed by atoms with Crippen LogP contribution in [0.4, 0.5) is 5.69 Å². The van der Waals surface area contributed by atoms with Crippen LogP contribution in [0.15, 0.2) is 30.3 Å². The first-order valence-corrected chi connectivity index (χ1v) is 7.02. The van der Waals surface area contributed by atoms with Gasteiger partial charge in [0.2, 0.25) is 11.8 Å². The number of rotatable bonds is 6. The van der Waals surface area contributed by atoms with Crippen molar-refractivity contribution in [1.82, 2.24) is 5.32 Å². The second-order valence-electron chi connectivity index (χ2n) is 5.43. The molecule has 0 aliphatic rings. The Morgan fingerprint density at radius 2 is 1.80 bits per heavy atom. The van der Waals surface area contributed by atoms with Gasteiger partial charge in [-0.15, -0.1) is 0 Å². The van der Waals surface area contributed by atoms with Crippen molar-refractivity contribution in [3.05, 3.63) is 30.3 Å². The number of amides is 2. The molecule has 0 aliphatic heterocycles. The number of benzene rings is 1. The molecule has 1 aromatic carbocycles. The fourth-order valence-electron chi connectivity index (χ4n) is 1.88. The molecule has 0 unspecified atom stereocenters. The Hall–Kier alpha value is -1.84. The number of unbranched alkanes of at least 4 members (excludes halogenated alkanes) is 1. The summed E-state index contributed by atoms with van der Waals surface area (Å²) in [5, 5.41) is 2.82. The van der Waals surface area contributed by atoms with Crippen molar-refractivity contribution in [1.29, 1.82) is 0 Å². The average Bonchev–Trinajstić information content (AvgIpc) is 2.46. The Morgan fingerprint density at radius 1 is 1.20 bits per heavy atom. The Labute approximate surface area is 121 Å². The van der Waals surface area contributed by atoms with Gasteiger partial charge in [-0.2, -0.15) is 0 Å². The number of carbonyl (C=O) groups excluding carboxylic acids is 2. The largest absolute Gasteiger partial charge is 0.355 e. The third-order valence-corrected chi connectivity index (χ3v) is 3.37. The van der Waals surface area contributed by atoms with E-state index < -0.39 is 5.41 Å². The van der Waals surface area contributed by atoms with Crippen LogP contribution in [0.1, 0.15) is 33.6 Å². The van der Waals surface area contributed by atoms with Crippen molar-refractivity contribution in [3.8, 4) is 0 Å². The molecule has 1 rings (SSSR count). The van der Waals surface area contributed by atoms with Crippen LogP contribution in [0.5, 0.6) is 0 Å². The van der Waals surface area contributed by atoms with E-state index in [1.165, 1.54) is 4.90 Å². The minimum atomic E-state index is -1.07. The average molecular weight is 276 g/mol. The zero-order chi connectivity index (χ0) is 15.2. The molecule has 0 aliphatic carbocycles. The normalized spacial score (nSPS) is 11.0. The molecule has 110 valence electrons. The molecule has 0 aromatic heterocycles. The fraction of sp³-hybridized carbons (Fsp3) is 0.500. The molecule has 4 heteroatoms. The first-order valence-electron chi connectivity index (χ1n) is 7.02. The third kappa shape index (κ3) is 3.83. The van der Waals surface area contributed by atoms with Gasteiger partial charge >= 0.3 is 0 Å². The van der Waals surface area contributed by atoms with E-state index in [1.54, 1.807) is 20.9 Å². The number of carbonyl (C=O) groups is 2. The van der Waals surface area contributed by atoms with Crippen molar-refractivity contribution >= 4 is 17.5 Å². The van der Waals surface area contributed by atoms with Gasteiger partial charge in [-0.1, -0.05) is 31.5 Å². The predicted molar refractivity (Wildman–Crippen MR) is 81.6 cm³/mol. The van der Waals surface area contributed by atoms with Gasteiger partial charge in [0, 0.05) is 19.3 Å². The van der Waals surface area contributed by atoms with Crippen LogP contribution in [-0.4, -0.2) is 25.4 Å². The van der Waals surface area contributed by atoms with Gasteiger partial charge in [0.1, 0.15) is 5.41 Å². The maximum atomic E-state index is 12.5. The molecule has 0 radical (unpaired) electrons. The van der Waals surface area contributed by atoms with E-state index in [9.17, 15) is 9.59 Å². The molecule has 0 bridgehead atoms. The molecule has 0 heterocycles. The molecular formula is C16H24N2O2. The van der Waals surface area contributed by atoms with Crippen LogP contribution in [0.25, 0.3) is 0 Å². The van der Waals surface area contributed by atoms with Gasteiger partial charge in [0.15, 0.2) is 0 Å². The molecule has 0 spiro atoms. The first kappa shape index (κ1) is 16.2. The lowest BCUT2D eigenvalue weighted by Gasteiger charge is -2.28. The summed E-state index contributed by atoms with van der Waals surface area (Å²) < 4.78 is 0. The second kappa shape index (κ2) is 7.08. The summed E-state index contributed by atoms with van der Waals surface area (Å²) in [5.41, 5.74) is -0.287. The summed E-state index contributed by atoms with van der Waals surface area (Å²) in [6.07, 6.45) is 1.93. The highest BCUT2D eigenvalue weighted by molar-refractivity contribution is 6.10. The highest BCUT2D eigenvalue weighted by atomic mass is 16.2. The van der Waals surface area contributed by atoms with Gasteiger partial charge < -0.3 is 10.2 Å². The molecule has 4 nitrogen and oxygen atoms in total. The summed E-state index contributed by atoms with van der Waals surface area (Å²) in [4.78, 5) is 26.2. The van der Waals surface area contributed by atoms with Crippen molar-refractivity contribution in [2.24, 2.45) is 5.41 Å². The Kier molecular flexibility index (Phi) is 5.74. The number of nitrogens with zero attached hydrogens (tertiary/aromatic N) is 1. The second-order valence-corrected chi connectivity index (χ2v) is 5.43. The van der Waals surface area contributed by atoms with Gasteiger partial charge in [-0.3, -0.25) is 9.59 Å². The van der Waals surface area contributed by atoms with E-state index in [0.717, 1.165) is 18.5 Å². The van der Waals surface area contributed by atoms with E-state index in [0.29, 0.717) is 6.54 Å². The monoisotopic (exact) mass is 276 g/mol. The van der Waals surface area contributed by atoms with Crippen LogP contribution in [0.2, 0.25) is 0 Å². The van der Waals surface area contributed by atoms with Crippen LogP contribution in [0.3, 0.4) is 0 Å². The van der Waals surface area contributed by atoms with Crippen molar-refractivity contribution < 1.29 is 9.59 Å². The maximum Gasteiger partial charge on any atom is 0.241 e.